The zero-order valence-corrected chi connectivity index (χ0v) is 9.08. The van der Waals surface area contributed by atoms with E-state index < -0.39 is 0 Å². The molecule has 0 unspecified atom stereocenters. The van der Waals surface area contributed by atoms with Crippen molar-refractivity contribution in [2.24, 2.45) is 0 Å². The highest BCUT2D eigenvalue weighted by molar-refractivity contribution is 5.61. The predicted molar refractivity (Wildman–Crippen MR) is 65.2 cm³/mol. The Morgan fingerprint density at radius 2 is 1.76 bits per heavy atom. The SMILES string of the molecule is c1ccc(-c2ccc(-c3ccco3)cn2)nc1. The Kier molecular flexibility index (Phi) is 2.43. The second-order valence-electron chi connectivity index (χ2n) is 3.62. The first-order valence-corrected chi connectivity index (χ1v) is 5.35. The van der Waals surface area contributed by atoms with Crippen molar-refractivity contribution in [3.05, 3.63) is 61.1 Å². The summed E-state index contributed by atoms with van der Waals surface area (Å²) in [7, 11) is 0. The minimum Gasteiger partial charge on any atom is -0.464 e. The molecule has 0 aliphatic rings. The lowest BCUT2D eigenvalue weighted by molar-refractivity contribution is 0.582. The summed E-state index contributed by atoms with van der Waals surface area (Å²) in [5.74, 6) is 0.824. The Morgan fingerprint density at radius 3 is 2.41 bits per heavy atom. The first kappa shape index (κ1) is 9.78. The molecule has 3 nitrogen and oxygen atoms in total. The van der Waals surface area contributed by atoms with Crippen molar-refractivity contribution in [3.8, 4) is 22.7 Å². The monoisotopic (exact) mass is 222 g/mol. The molecule has 3 aromatic heterocycles. The van der Waals surface area contributed by atoms with Crippen LogP contribution in [0.3, 0.4) is 0 Å². The van der Waals surface area contributed by atoms with Gasteiger partial charge in [-0.1, -0.05) is 6.07 Å². The second kappa shape index (κ2) is 4.22. The number of hydrogen-bond acceptors (Lipinski definition) is 3. The second-order valence-corrected chi connectivity index (χ2v) is 3.62. The van der Waals surface area contributed by atoms with E-state index in [1.54, 1.807) is 18.7 Å². The maximum absolute atomic E-state index is 5.31. The lowest BCUT2D eigenvalue weighted by Gasteiger charge is -2.00. The van der Waals surface area contributed by atoms with Gasteiger partial charge in [-0.25, -0.2) is 0 Å². The molecule has 3 aromatic rings. The van der Waals surface area contributed by atoms with E-state index in [0.29, 0.717) is 0 Å². The van der Waals surface area contributed by atoms with E-state index in [1.165, 1.54) is 0 Å². The van der Waals surface area contributed by atoms with Crippen molar-refractivity contribution in [3.63, 3.8) is 0 Å². The van der Waals surface area contributed by atoms with Crippen LogP contribution in [0.2, 0.25) is 0 Å². The maximum Gasteiger partial charge on any atom is 0.135 e. The summed E-state index contributed by atoms with van der Waals surface area (Å²) < 4.78 is 5.31. The molecule has 3 heteroatoms. The van der Waals surface area contributed by atoms with Crippen LogP contribution in [0, 0.1) is 0 Å². The van der Waals surface area contributed by atoms with E-state index >= 15 is 0 Å². The van der Waals surface area contributed by atoms with Crippen LogP contribution in [-0.2, 0) is 0 Å². The molecule has 0 saturated heterocycles. The summed E-state index contributed by atoms with van der Waals surface area (Å²) in [6.07, 6.45) is 5.21. The summed E-state index contributed by atoms with van der Waals surface area (Å²) in [6.45, 7) is 0. The van der Waals surface area contributed by atoms with Gasteiger partial charge in [0.2, 0.25) is 0 Å². The number of pyridine rings is 2. The van der Waals surface area contributed by atoms with Crippen LogP contribution in [-0.4, -0.2) is 9.97 Å². The normalized spacial score (nSPS) is 10.4. The number of nitrogens with zero attached hydrogens (tertiary/aromatic N) is 2. The molecule has 0 aliphatic carbocycles. The fourth-order valence-corrected chi connectivity index (χ4v) is 1.65. The largest absolute Gasteiger partial charge is 0.464 e. The van der Waals surface area contributed by atoms with E-state index in [-0.39, 0.29) is 0 Å². The van der Waals surface area contributed by atoms with Gasteiger partial charge in [0.05, 0.1) is 17.7 Å². The average Bonchev–Trinajstić information content (AvgIpc) is 2.94. The minimum absolute atomic E-state index is 0.824. The molecule has 0 aliphatic heterocycles. The molecule has 17 heavy (non-hydrogen) atoms. The van der Waals surface area contributed by atoms with Gasteiger partial charge >= 0.3 is 0 Å². The van der Waals surface area contributed by atoms with Crippen molar-refractivity contribution >= 4 is 0 Å². The van der Waals surface area contributed by atoms with E-state index in [9.17, 15) is 0 Å². The predicted octanol–water partition coefficient (Wildman–Crippen LogP) is 3.40. The molecule has 0 atom stereocenters. The van der Waals surface area contributed by atoms with Gasteiger partial charge in [0, 0.05) is 18.0 Å². The lowest BCUT2D eigenvalue weighted by atomic mass is 10.2. The number of hydrogen-bond donors (Lipinski definition) is 0. The van der Waals surface area contributed by atoms with Crippen LogP contribution < -0.4 is 0 Å². The van der Waals surface area contributed by atoms with E-state index in [2.05, 4.69) is 9.97 Å². The Labute approximate surface area is 98.8 Å². The first-order valence-electron chi connectivity index (χ1n) is 5.35. The minimum atomic E-state index is 0.824. The zero-order chi connectivity index (χ0) is 11.5. The quantitative estimate of drug-likeness (QED) is 0.667. The topological polar surface area (TPSA) is 38.9 Å². The third kappa shape index (κ3) is 1.95. The average molecular weight is 222 g/mol. The molecule has 0 N–H and O–H groups in total. The molecule has 0 fully saturated rings. The van der Waals surface area contributed by atoms with Gasteiger partial charge in [0.15, 0.2) is 0 Å². The molecular formula is C14H10N2O. The maximum atomic E-state index is 5.31. The molecule has 0 amide bonds. The highest BCUT2D eigenvalue weighted by Gasteiger charge is 2.03. The van der Waals surface area contributed by atoms with Gasteiger partial charge in [-0.15, -0.1) is 0 Å². The summed E-state index contributed by atoms with van der Waals surface area (Å²) in [5, 5.41) is 0. The van der Waals surface area contributed by atoms with Crippen molar-refractivity contribution in [2.45, 2.75) is 0 Å². The van der Waals surface area contributed by atoms with Gasteiger partial charge in [-0.2, -0.15) is 0 Å². The van der Waals surface area contributed by atoms with Crippen molar-refractivity contribution in [1.29, 1.82) is 0 Å². The molecule has 0 saturated carbocycles. The van der Waals surface area contributed by atoms with Crippen LogP contribution in [0.1, 0.15) is 0 Å². The van der Waals surface area contributed by atoms with Crippen LogP contribution in [0.5, 0.6) is 0 Å². The number of aromatic nitrogens is 2. The fraction of sp³-hybridized carbons (Fsp3) is 0. The Bertz CT molecular complexity index is 586. The molecule has 82 valence electrons. The van der Waals surface area contributed by atoms with Crippen LogP contribution >= 0.6 is 0 Å². The lowest BCUT2D eigenvalue weighted by Crippen LogP contribution is -1.86. The van der Waals surface area contributed by atoms with E-state index in [1.807, 2.05) is 42.5 Å². The molecule has 0 bridgehead atoms. The van der Waals surface area contributed by atoms with Gasteiger partial charge in [0.25, 0.3) is 0 Å². The smallest absolute Gasteiger partial charge is 0.135 e. The highest BCUT2D eigenvalue weighted by atomic mass is 16.3. The molecule has 0 aromatic carbocycles. The van der Waals surface area contributed by atoms with Crippen LogP contribution in [0.25, 0.3) is 22.7 Å². The highest BCUT2D eigenvalue weighted by Crippen LogP contribution is 2.21. The third-order valence-electron chi connectivity index (χ3n) is 2.50. The van der Waals surface area contributed by atoms with Gasteiger partial charge in [-0.3, -0.25) is 9.97 Å². The van der Waals surface area contributed by atoms with E-state index in [0.717, 1.165) is 22.7 Å². The summed E-state index contributed by atoms with van der Waals surface area (Å²) in [6, 6.07) is 13.5. The third-order valence-corrected chi connectivity index (χ3v) is 2.50. The molecule has 3 rings (SSSR count). The molecule has 0 radical (unpaired) electrons. The number of rotatable bonds is 2. The fourth-order valence-electron chi connectivity index (χ4n) is 1.65. The van der Waals surface area contributed by atoms with E-state index in [4.69, 9.17) is 4.42 Å². The summed E-state index contributed by atoms with van der Waals surface area (Å²) in [5.41, 5.74) is 2.70. The van der Waals surface area contributed by atoms with Gasteiger partial charge in [-0.05, 0) is 36.4 Å². The van der Waals surface area contributed by atoms with Crippen molar-refractivity contribution in [2.75, 3.05) is 0 Å². The molecule has 3 heterocycles. The number of furan rings is 1. The van der Waals surface area contributed by atoms with Crippen molar-refractivity contribution < 1.29 is 4.42 Å². The molecular weight excluding hydrogens is 212 g/mol. The Morgan fingerprint density at radius 1 is 0.824 bits per heavy atom. The Hall–Kier alpha value is -2.42. The first-order chi connectivity index (χ1) is 8.43. The Balaban J connectivity index is 1.96. The summed E-state index contributed by atoms with van der Waals surface area (Å²) >= 11 is 0. The van der Waals surface area contributed by atoms with Crippen LogP contribution in [0.15, 0.2) is 65.5 Å². The van der Waals surface area contributed by atoms with Gasteiger partial charge < -0.3 is 4.42 Å². The standard InChI is InChI=1S/C14H10N2O/c1-2-8-15-12(4-1)13-7-6-11(10-16-13)14-5-3-9-17-14/h1-10H. The zero-order valence-electron chi connectivity index (χ0n) is 9.08. The van der Waals surface area contributed by atoms with Gasteiger partial charge in [0.1, 0.15) is 5.76 Å². The van der Waals surface area contributed by atoms with Crippen LogP contribution in [0.4, 0.5) is 0 Å². The summed E-state index contributed by atoms with van der Waals surface area (Å²) in [4.78, 5) is 8.64. The molecule has 0 spiro atoms. The van der Waals surface area contributed by atoms with Crippen molar-refractivity contribution in [1.82, 2.24) is 9.97 Å².